The van der Waals surface area contributed by atoms with Gasteiger partial charge in [-0.05, 0) is 41.2 Å². The quantitative estimate of drug-likeness (QED) is 0.327. The molecule has 0 radical (unpaired) electrons. The fourth-order valence-corrected chi connectivity index (χ4v) is 2.96. The summed E-state index contributed by atoms with van der Waals surface area (Å²) in [6, 6.07) is 17.1. The van der Waals surface area contributed by atoms with Gasteiger partial charge in [-0.15, -0.1) is 0 Å². The molecule has 0 aliphatic carbocycles. The summed E-state index contributed by atoms with van der Waals surface area (Å²) < 4.78 is 10.5. The van der Waals surface area contributed by atoms with Gasteiger partial charge >= 0.3 is 5.97 Å². The van der Waals surface area contributed by atoms with Crippen LogP contribution in [0.3, 0.4) is 0 Å². The lowest BCUT2D eigenvalue weighted by molar-refractivity contribution is -0.138. The molecule has 0 bridgehead atoms. The van der Waals surface area contributed by atoms with Crippen molar-refractivity contribution < 1.29 is 14.3 Å². The molecule has 1 atom stereocenters. The number of carbonyl (C=O) groups excluding carboxylic acids is 1. The third kappa shape index (κ3) is 5.46. The van der Waals surface area contributed by atoms with Gasteiger partial charge in [0.2, 0.25) is 0 Å². The normalized spacial score (nSPS) is 12.3. The molecule has 1 unspecified atom stereocenters. The zero-order valence-corrected chi connectivity index (χ0v) is 16.8. The Hall–Kier alpha value is -2.55. The molecule has 3 nitrogen and oxygen atoms in total. The van der Waals surface area contributed by atoms with E-state index in [4.69, 9.17) is 9.47 Å². The Morgan fingerprint density at radius 2 is 1.59 bits per heavy atom. The Kier molecular flexibility index (Phi) is 7.23. The molecule has 2 rings (SSSR count). The minimum absolute atomic E-state index is 0.0913. The molecule has 0 saturated carbocycles. The molecule has 0 spiro atoms. The smallest absolute Gasteiger partial charge is 0.330 e. The highest BCUT2D eigenvalue weighted by Gasteiger charge is 2.23. The third-order valence-electron chi connectivity index (χ3n) is 5.15. The molecule has 144 valence electrons. The highest BCUT2D eigenvalue weighted by atomic mass is 16.6. The van der Waals surface area contributed by atoms with E-state index in [-0.39, 0.29) is 12.0 Å². The summed E-state index contributed by atoms with van der Waals surface area (Å²) in [6.45, 7) is 12.8. The van der Waals surface area contributed by atoms with E-state index < -0.39 is 5.97 Å². The van der Waals surface area contributed by atoms with Gasteiger partial charge in [0.15, 0.2) is 0 Å². The van der Waals surface area contributed by atoms with E-state index in [0.29, 0.717) is 12.5 Å². The minimum Gasteiger partial charge on any atom is -0.490 e. The number of hydrogen-bond donors (Lipinski definition) is 0. The first-order valence-corrected chi connectivity index (χ1v) is 9.51. The van der Waals surface area contributed by atoms with E-state index in [1.54, 1.807) is 0 Å². The summed E-state index contributed by atoms with van der Waals surface area (Å²) in [5.74, 6) is 0.913. The number of carbonyl (C=O) groups is 1. The Balaban J connectivity index is 2.01. The number of ether oxygens (including phenoxy) is 2. The lowest BCUT2D eigenvalue weighted by Gasteiger charge is -2.27. The molecule has 2 aromatic carbocycles. The van der Waals surface area contributed by atoms with Crippen LogP contribution < -0.4 is 4.74 Å². The average molecular weight is 367 g/mol. The number of esters is 1. The minimum atomic E-state index is -0.435. The SMILES string of the molecule is C=CC(=O)OCCOc1ccc(C(C)(C)c2ccc(C(C)CC)cc2)cc1. The lowest BCUT2D eigenvalue weighted by atomic mass is 9.77. The molecule has 3 heteroatoms. The molecule has 0 N–H and O–H groups in total. The Morgan fingerprint density at radius 3 is 2.11 bits per heavy atom. The summed E-state index contributed by atoms with van der Waals surface area (Å²) in [5, 5.41) is 0. The van der Waals surface area contributed by atoms with Gasteiger partial charge in [0.1, 0.15) is 19.0 Å². The molecule has 0 aromatic heterocycles. The van der Waals surface area contributed by atoms with E-state index in [0.717, 1.165) is 18.2 Å². The molecule has 0 amide bonds. The van der Waals surface area contributed by atoms with Gasteiger partial charge < -0.3 is 9.47 Å². The van der Waals surface area contributed by atoms with E-state index in [2.05, 4.69) is 70.7 Å². The van der Waals surface area contributed by atoms with E-state index >= 15 is 0 Å². The van der Waals surface area contributed by atoms with Gasteiger partial charge in [0.25, 0.3) is 0 Å². The predicted octanol–water partition coefficient (Wildman–Crippen LogP) is 5.63. The lowest BCUT2D eigenvalue weighted by Crippen LogP contribution is -2.19. The van der Waals surface area contributed by atoms with Gasteiger partial charge in [-0.3, -0.25) is 0 Å². The molecular weight excluding hydrogens is 336 g/mol. The van der Waals surface area contributed by atoms with Gasteiger partial charge in [0, 0.05) is 11.5 Å². The van der Waals surface area contributed by atoms with Crippen molar-refractivity contribution in [3.05, 3.63) is 77.9 Å². The molecule has 0 saturated heterocycles. The summed E-state index contributed by atoms with van der Waals surface area (Å²) >= 11 is 0. The van der Waals surface area contributed by atoms with Crippen LogP contribution in [0.15, 0.2) is 61.2 Å². The second kappa shape index (κ2) is 9.40. The second-order valence-electron chi connectivity index (χ2n) is 7.30. The monoisotopic (exact) mass is 366 g/mol. The van der Waals surface area contributed by atoms with Crippen molar-refractivity contribution >= 4 is 5.97 Å². The van der Waals surface area contributed by atoms with E-state index in [1.165, 1.54) is 16.7 Å². The van der Waals surface area contributed by atoms with Crippen LogP contribution in [0.2, 0.25) is 0 Å². The van der Waals surface area contributed by atoms with Crippen molar-refractivity contribution in [2.75, 3.05) is 13.2 Å². The van der Waals surface area contributed by atoms with Gasteiger partial charge in [-0.1, -0.05) is 70.7 Å². The number of rotatable bonds is 9. The standard InChI is InChI=1S/C24H30O3/c1-6-18(3)19-8-10-20(11-9-19)24(4,5)21-12-14-22(15-13-21)26-16-17-27-23(25)7-2/h7-15,18H,2,6,16-17H2,1,3-5H3. The molecule has 0 aliphatic rings. The molecule has 0 heterocycles. The Morgan fingerprint density at radius 1 is 1.04 bits per heavy atom. The van der Waals surface area contributed by atoms with Gasteiger partial charge in [-0.2, -0.15) is 0 Å². The first-order chi connectivity index (χ1) is 12.9. The maximum atomic E-state index is 11.0. The molecule has 0 fully saturated rings. The van der Waals surface area contributed by atoms with E-state index in [9.17, 15) is 4.79 Å². The molecule has 27 heavy (non-hydrogen) atoms. The number of hydrogen-bond acceptors (Lipinski definition) is 3. The fraction of sp³-hybridized carbons (Fsp3) is 0.375. The van der Waals surface area contributed by atoms with Crippen molar-refractivity contribution in [1.82, 2.24) is 0 Å². The zero-order valence-electron chi connectivity index (χ0n) is 16.8. The van der Waals surface area contributed by atoms with Crippen LogP contribution in [0.25, 0.3) is 0 Å². The first kappa shape index (κ1) is 20.8. The highest BCUT2D eigenvalue weighted by Crippen LogP contribution is 2.33. The van der Waals surface area contributed by atoms with Crippen molar-refractivity contribution in [2.24, 2.45) is 0 Å². The third-order valence-corrected chi connectivity index (χ3v) is 5.15. The van der Waals surface area contributed by atoms with Crippen LogP contribution in [-0.2, 0) is 14.9 Å². The highest BCUT2D eigenvalue weighted by molar-refractivity contribution is 5.81. The summed E-state index contributed by atoms with van der Waals surface area (Å²) in [5.41, 5.74) is 3.81. The van der Waals surface area contributed by atoms with E-state index in [1.807, 2.05) is 12.1 Å². The topological polar surface area (TPSA) is 35.5 Å². The van der Waals surface area contributed by atoms with Crippen LogP contribution >= 0.6 is 0 Å². The maximum Gasteiger partial charge on any atom is 0.330 e. The predicted molar refractivity (Wildman–Crippen MR) is 110 cm³/mol. The van der Waals surface area contributed by atoms with Crippen LogP contribution in [-0.4, -0.2) is 19.2 Å². The fourth-order valence-electron chi connectivity index (χ4n) is 2.96. The molecular formula is C24H30O3. The second-order valence-corrected chi connectivity index (χ2v) is 7.30. The van der Waals surface area contributed by atoms with Crippen molar-refractivity contribution in [3.63, 3.8) is 0 Å². The van der Waals surface area contributed by atoms with Gasteiger partial charge in [-0.25, -0.2) is 4.79 Å². The summed E-state index contributed by atoms with van der Waals surface area (Å²) in [7, 11) is 0. The molecule has 2 aromatic rings. The Labute approximate surface area is 163 Å². The van der Waals surface area contributed by atoms with Gasteiger partial charge in [0.05, 0.1) is 0 Å². The maximum absolute atomic E-state index is 11.0. The van der Waals surface area contributed by atoms with Crippen LogP contribution in [0.1, 0.15) is 56.7 Å². The van der Waals surface area contributed by atoms with Crippen LogP contribution in [0, 0.1) is 0 Å². The van der Waals surface area contributed by atoms with Crippen molar-refractivity contribution in [3.8, 4) is 5.75 Å². The van der Waals surface area contributed by atoms with Crippen LogP contribution in [0.4, 0.5) is 0 Å². The summed E-state index contributed by atoms with van der Waals surface area (Å²) in [4.78, 5) is 11.0. The van der Waals surface area contributed by atoms with Crippen molar-refractivity contribution in [1.29, 1.82) is 0 Å². The first-order valence-electron chi connectivity index (χ1n) is 9.51. The van der Waals surface area contributed by atoms with Crippen LogP contribution in [0.5, 0.6) is 5.75 Å². The average Bonchev–Trinajstić information content (AvgIpc) is 2.70. The Bertz CT molecular complexity index is 742. The largest absolute Gasteiger partial charge is 0.490 e. The molecule has 0 aliphatic heterocycles. The van der Waals surface area contributed by atoms with Crippen molar-refractivity contribution in [2.45, 2.75) is 45.4 Å². The zero-order chi connectivity index (χ0) is 19.9. The summed E-state index contributed by atoms with van der Waals surface area (Å²) in [6.07, 6.45) is 2.29. The number of benzene rings is 2.